The zero-order chi connectivity index (χ0) is 18.9. The Balaban J connectivity index is 1.87. The van der Waals surface area contributed by atoms with E-state index >= 15 is 0 Å². The van der Waals surface area contributed by atoms with E-state index in [4.69, 9.17) is 9.84 Å². The molecule has 1 saturated heterocycles. The Morgan fingerprint density at radius 2 is 1.69 bits per heavy atom. The van der Waals surface area contributed by atoms with E-state index in [1.165, 1.54) is 0 Å². The van der Waals surface area contributed by atoms with Gasteiger partial charge in [0.25, 0.3) is 0 Å². The third kappa shape index (κ3) is 6.62. The van der Waals surface area contributed by atoms with Crippen LogP contribution in [0.2, 0.25) is 0 Å². The van der Waals surface area contributed by atoms with Crippen molar-refractivity contribution in [2.75, 3.05) is 26.3 Å². The lowest BCUT2D eigenvalue weighted by Gasteiger charge is -2.31. The van der Waals surface area contributed by atoms with Crippen molar-refractivity contribution in [1.29, 1.82) is 0 Å². The van der Waals surface area contributed by atoms with Crippen molar-refractivity contribution in [3.05, 3.63) is 0 Å². The van der Waals surface area contributed by atoms with Gasteiger partial charge in [-0.1, -0.05) is 12.8 Å². The molecule has 0 spiro atoms. The van der Waals surface area contributed by atoms with Gasteiger partial charge in [-0.15, -0.1) is 0 Å². The van der Waals surface area contributed by atoms with Gasteiger partial charge < -0.3 is 20.1 Å². The van der Waals surface area contributed by atoms with Crippen molar-refractivity contribution in [2.45, 2.75) is 51.0 Å². The van der Waals surface area contributed by atoms with Crippen molar-refractivity contribution in [3.8, 4) is 0 Å². The molecule has 4 amide bonds. The number of carboxylic acid groups (broad SMARTS) is 1. The minimum Gasteiger partial charge on any atom is -0.481 e. The first-order valence-corrected chi connectivity index (χ1v) is 9.13. The maximum atomic E-state index is 12.4. The first kappa shape index (κ1) is 20.2. The Bertz CT molecular complexity index is 527. The zero-order valence-electron chi connectivity index (χ0n) is 14.9. The molecule has 1 unspecified atom stereocenters. The predicted molar refractivity (Wildman–Crippen MR) is 91.3 cm³/mol. The minimum absolute atomic E-state index is 0.0135. The molecule has 9 heteroatoms. The number of imide groups is 1. The van der Waals surface area contributed by atoms with Gasteiger partial charge in [0, 0.05) is 32.0 Å². The van der Waals surface area contributed by atoms with E-state index in [1.807, 2.05) is 0 Å². The van der Waals surface area contributed by atoms with Crippen LogP contribution >= 0.6 is 0 Å². The SMILES string of the molecule is O=C(O)CCC(=O)NC(=O)CC(NC(=O)N1CCOCC1)C1CCCC1. The fourth-order valence-corrected chi connectivity index (χ4v) is 3.40. The molecule has 9 nitrogen and oxygen atoms in total. The standard InChI is InChI=1S/C17H27N3O6/c21-14(5-6-16(23)24)19-15(22)11-13(12-3-1-2-4-12)18-17(25)20-7-9-26-10-8-20/h12-13H,1-11H2,(H,18,25)(H,23,24)(H,19,21,22). The minimum atomic E-state index is -1.09. The van der Waals surface area contributed by atoms with Crippen molar-refractivity contribution in [1.82, 2.24) is 15.5 Å². The van der Waals surface area contributed by atoms with Gasteiger partial charge in [-0.05, 0) is 18.8 Å². The highest BCUT2D eigenvalue weighted by Gasteiger charge is 2.30. The van der Waals surface area contributed by atoms with Crippen LogP contribution < -0.4 is 10.6 Å². The number of ether oxygens (including phenoxy) is 1. The molecule has 1 aliphatic heterocycles. The van der Waals surface area contributed by atoms with Crippen molar-refractivity contribution in [2.24, 2.45) is 5.92 Å². The van der Waals surface area contributed by atoms with Crippen LogP contribution in [-0.2, 0) is 19.1 Å². The first-order valence-electron chi connectivity index (χ1n) is 9.13. The maximum Gasteiger partial charge on any atom is 0.317 e. The van der Waals surface area contributed by atoms with Crippen LogP contribution in [0.4, 0.5) is 4.79 Å². The first-order chi connectivity index (χ1) is 12.5. The number of hydrogen-bond acceptors (Lipinski definition) is 5. The molecule has 0 aromatic carbocycles. The molecule has 1 atom stereocenters. The van der Waals surface area contributed by atoms with Crippen LogP contribution in [-0.4, -0.2) is 66.2 Å². The van der Waals surface area contributed by atoms with Crippen LogP contribution in [0.5, 0.6) is 0 Å². The Hall–Kier alpha value is -2.16. The molecule has 1 heterocycles. The van der Waals surface area contributed by atoms with Crippen LogP contribution in [0.25, 0.3) is 0 Å². The molecule has 0 aromatic heterocycles. The largest absolute Gasteiger partial charge is 0.481 e. The number of urea groups is 1. The number of carboxylic acids is 1. The quantitative estimate of drug-likeness (QED) is 0.600. The third-order valence-corrected chi connectivity index (χ3v) is 4.83. The summed E-state index contributed by atoms with van der Waals surface area (Å²) in [5, 5.41) is 13.7. The molecule has 0 bridgehead atoms. The number of aliphatic carboxylic acids is 1. The summed E-state index contributed by atoms with van der Waals surface area (Å²) >= 11 is 0. The average Bonchev–Trinajstić information content (AvgIpc) is 3.14. The Labute approximate surface area is 152 Å². The fourth-order valence-electron chi connectivity index (χ4n) is 3.40. The van der Waals surface area contributed by atoms with E-state index in [2.05, 4.69) is 10.6 Å². The summed E-state index contributed by atoms with van der Waals surface area (Å²) < 4.78 is 5.24. The summed E-state index contributed by atoms with van der Waals surface area (Å²) in [5.74, 6) is -1.98. The lowest BCUT2D eigenvalue weighted by molar-refractivity contribution is -0.140. The second-order valence-corrected chi connectivity index (χ2v) is 6.77. The number of rotatable bonds is 7. The van der Waals surface area contributed by atoms with E-state index in [1.54, 1.807) is 4.90 Å². The molecule has 1 aliphatic carbocycles. The molecule has 2 rings (SSSR count). The molecular formula is C17H27N3O6. The van der Waals surface area contributed by atoms with E-state index in [-0.39, 0.29) is 37.3 Å². The van der Waals surface area contributed by atoms with Gasteiger partial charge in [0.05, 0.1) is 19.6 Å². The number of nitrogens with one attached hydrogen (secondary N) is 2. The van der Waals surface area contributed by atoms with Crippen LogP contribution in [0, 0.1) is 5.92 Å². The molecule has 2 fully saturated rings. The molecule has 1 saturated carbocycles. The summed E-state index contributed by atoms with van der Waals surface area (Å²) in [6.45, 7) is 2.03. The van der Waals surface area contributed by atoms with Crippen molar-refractivity contribution >= 4 is 23.8 Å². The zero-order valence-corrected chi connectivity index (χ0v) is 14.9. The van der Waals surface area contributed by atoms with Gasteiger partial charge in [0.15, 0.2) is 0 Å². The van der Waals surface area contributed by atoms with E-state index in [9.17, 15) is 19.2 Å². The smallest absolute Gasteiger partial charge is 0.317 e. The fraction of sp³-hybridized carbons (Fsp3) is 0.765. The van der Waals surface area contributed by atoms with Gasteiger partial charge in [0.2, 0.25) is 11.8 Å². The number of morpholine rings is 1. The second kappa shape index (κ2) is 10.1. The van der Waals surface area contributed by atoms with E-state index in [0.717, 1.165) is 25.7 Å². The van der Waals surface area contributed by atoms with Gasteiger partial charge in [-0.3, -0.25) is 19.7 Å². The predicted octanol–water partition coefficient (Wildman–Crippen LogP) is 0.485. The van der Waals surface area contributed by atoms with E-state index in [0.29, 0.717) is 26.3 Å². The topological polar surface area (TPSA) is 125 Å². The number of carbonyl (C=O) groups excluding carboxylic acids is 3. The third-order valence-electron chi connectivity index (χ3n) is 4.83. The average molecular weight is 369 g/mol. The Morgan fingerprint density at radius 1 is 1.04 bits per heavy atom. The monoisotopic (exact) mass is 369 g/mol. The number of amides is 4. The molecule has 26 heavy (non-hydrogen) atoms. The summed E-state index contributed by atoms with van der Waals surface area (Å²) in [6.07, 6.45) is 3.46. The van der Waals surface area contributed by atoms with Crippen molar-refractivity contribution in [3.63, 3.8) is 0 Å². The molecule has 146 valence electrons. The van der Waals surface area contributed by atoms with Crippen LogP contribution in [0.3, 0.4) is 0 Å². The van der Waals surface area contributed by atoms with Gasteiger partial charge in [0.1, 0.15) is 0 Å². The summed E-state index contributed by atoms with van der Waals surface area (Å²) in [7, 11) is 0. The van der Waals surface area contributed by atoms with Gasteiger partial charge >= 0.3 is 12.0 Å². The molecule has 0 aromatic rings. The molecular weight excluding hydrogens is 342 g/mol. The van der Waals surface area contributed by atoms with Gasteiger partial charge in [-0.2, -0.15) is 0 Å². The van der Waals surface area contributed by atoms with Crippen molar-refractivity contribution < 1.29 is 29.0 Å². The summed E-state index contributed by atoms with van der Waals surface area (Å²) in [6, 6.07) is -0.546. The highest BCUT2D eigenvalue weighted by Crippen LogP contribution is 2.29. The lowest BCUT2D eigenvalue weighted by atomic mass is 9.95. The number of hydrogen-bond donors (Lipinski definition) is 3. The molecule has 3 N–H and O–H groups in total. The molecule has 0 radical (unpaired) electrons. The Morgan fingerprint density at radius 3 is 2.31 bits per heavy atom. The molecule has 2 aliphatic rings. The summed E-state index contributed by atoms with van der Waals surface area (Å²) in [4.78, 5) is 48.4. The summed E-state index contributed by atoms with van der Waals surface area (Å²) in [5.41, 5.74) is 0. The lowest BCUT2D eigenvalue weighted by Crippen LogP contribution is -2.52. The highest BCUT2D eigenvalue weighted by atomic mass is 16.5. The highest BCUT2D eigenvalue weighted by molar-refractivity contribution is 5.96. The van der Waals surface area contributed by atoms with Gasteiger partial charge in [-0.25, -0.2) is 4.79 Å². The van der Waals surface area contributed by atoms with Crippen LogP contribution in [0.15, 0.2) is 0 Å². The maximum absolute atomic E-state index is 12.4. The van der Waals surface area contributed by atoms with Crippen LogP contribution in [0.1, 0.15) is 44.9 Å². The second-order valence-electron chi connectivity index (χ2n) is 6.77. The normalized spacial score (nSPS) is 19.0. The van der Waals surface area contributed by atoms with E-state index < -0.39 is 17.8 Å². The number of nitrogens with zero attached hydrogens (tertiary/aromatic N) is 1. The number of carbonyl (C=O) groups is 4. The Kier molecular flexibility index (Phi) is 7.83.